The zero-order chi connectivity index (χ0) is 15.2. The van der Waals surface area contributed by atoms with Crippen LogP contribution in [0.3, 0.4) is 0 Å². The van der Waals surface area contributed by atoms with Gasteiger partial charge in [0.15, 0.2) is 5.82 Å². The monoisotopic (exact) mass is 296 g/mol. The molecule has 1 aliphatic rings. The molecule has 0 aromatic carbocycles. The van der Waals surface area contributed by atoms with E-state index in [-0.39, 0.29) is 18.4 Å². The van der Waals surface area contributed by atoms with Crippen LogP contribution >= 0.6 is 0 Å². The summed E-state index contributed by atoms with van der Waals surface area (Å²) in [6, 6.07) is 0. The fourth-order valence-electron chi connectivity index (χ4n) is 2.32. The summed E-state index contributed by atoms with van der Waals surface area (Å²) in [6.45, 7) is 3.61. The number of aliphatic carboxylic acids is 1. The molecule has 8 nitrogen and oxygen atoms in total. The molecule has 1 aromatic heterocycles. The summed E-state index contributed by atoms with van der Waals surface area (Å²) in [5, 5.41) is 15.6. The average Bonchev–Trinajstić information content (AvgIpc) is 2.89. The third-order valence-corrected chi connectivity index (χ3v) is 3.56. The Bertz CT molecular complexity index is 494. The summed E-state index contributed by atoms with van der Waals surface area (Å²) in [6.07, 6.45) is 1.64. The Balaban J connectivity index is 1.63. The molecule has 1 saturated heterocycles. The van der Waals surface area contributed by atoms with Crippen molar-refractivity contribution in [1.82, 2.24) is 20.4 Å². The van der Waals surface area contributed by atoms with Crippen molar-refractivity contribution in [2.24, 2.45) is 5.92 Å². The van der Waals surface area contributed by atoms with Crippen LogP contribution in [0.1, 0.15) is 24.6 Å². The van der Waals surface area contributed by atoms with Crippen molar-refractivity contribution in [2.75, 3.05) is 26.2 Å². The number of carboxylic acids is 1. The van der Waals surface area contributed by atoms with Crippen LogP contribution in [0, 0.1) is 12.8 Å². The Morgan fingerprint density at radius 1 is 1.43 bits per heavy atom. The minimum absolute atomic E-state index is 0.000508. The Morgan fingerprint density at radius 3 is 2.71 bits per heavy atom. The second-order valence-corrected chi connectivity index (χ2v) is 5.16. The maximum absolute atomic E-state index is 12.0. The lowest BCUT2D eigenvalue weighted by Crippen LogP contribution is -2.44. The molecular formula is C13H20N4O4. The molecule has 116 valence electrons. The molecule has 0 unspecified atom stereocenters. The van der Waals surface area contributed by atoms with Gasteiger partial charge in [0, 0.05) is 26.1 Å². The fraction of sp³-hybridized carbons (Fsp3) is 0.692. The molecule has 1 aliphatic heterocycles. The zero-order valence-corrected chi connectivity index (χ0v) is 12.0. The first-order chi connectivity index (χ1) is 10.1. The van der Waals surface area contributed by atoms with Gasteiger partial charge in [-0.1, -0.05) is 5.16 Å². The summed E-state index contributed by atoms with van der Waals surface area (Å²) >= 11 is 0. The van der Waals surface area contributed by atoms with Gasteiger partial charge < -0.3 is 19.8 Å². The van der Waals surface area contributed by atoms with E-state index in [0.29, 0.717) is 50.6 Å². The third kappa shape index (κ3) is 4.52. The highest BCUT2D eigenvalue weighted by atomic mass is 16.5. The van der Waals surface area contributed by atoms with E-state index in [1.165, 1.54) is 0 Å². The molecule has 0 radical (unpaired) electrons. The van der Waals surface area contributed by atoms with Gasteiger partial charge in [0.2, 0.25) is 11.8 Å². The minimum atomic E-state index is -0.768. The van der Waals surface area contributed by atoms with Gasteiger partial charge in [0.1, 0.15) is 0 Å². The summed E-state index contributed by atoms with van der Waals surface area (Å²) in [7, 11) is 0. The normalized spacial score (nSPS) is 16.1. The van der Waals surface area contributed by atoms with Crippen LogP contribution in [-0.4, -0.2) is 58.2 Å². The lowest BCUT2D eigenvalue weighted by molar-refractivity contribution is -0.145. The SMILES string of the molecule is Cc1noc(CCNCC(=O)N2CCC(C(=O)O)CC2)n1. The van der Waals surface area contributed by atoms with Gasteiger partial charge in [-0.25, -0.2) is 0 Å². The second kappa shape index (κ2) is 7.16. The van der Waals surface area contributed by atoms with Gasteiger partial charge in [0.05, 0.1) is 12.5 Å². The predicted octanol–water partition coefficient (Wildman–Crippen LogP) is -0.167. The van der Waals surface area contributed by atoms with Crippen molar-refractivity contribution >= 4 is 11.9 Å². The largest absolute Gasteiger partial charge is 0.481 e. The van der Waals surface area contributed by atoms with Gasteiger partial charge in [-0.3, -0.25) is 9.59 Å². The van der Waals surface area contributed by atoms with Gasteiger partial charge in [-0.2, -0.15) is 4.98 Å². The lowest BCUT2D eigenvalue weighted by Gasteiger charge is -2.30. The highest BCUT2D eigenvalue weighted by Crippen LogP contribution is 2.17. The number of amides is 1. The number of nitrogens with one attached hydrogen (secondary N) is 1. The summed E-state index contributed by atoms with van der Waals surface area (Å²) in [5.41, 5.74) is 0. The highest BCUT2D eigenvalue weighted by molar-refractivity contribution is 5.78. The Morgan fingerprint density at radius 2 is 2.14 bits per heavy atom. The number of piperidine rings is 1. The standard InChI is InChI=1S/C13H20N4O4/c1-9-15-11(21-16-9)2-5-14-8-12(18)17-6-3-10(4-7-17)13(19)20/h10,14H,2-8H2,1H3,(H,19,20). The lowest BCUT2D eigenvalue weighted by atomic mass is 9.97. The van der Waals surface area contributed by atoms with Gasteiger partial charge in [-0.15, -0.1) is 0 Å². The van der Waals surface area contributed by atoms with E-state index in [4.69, 9.17) is 9.63 Å². The number of aromatic nitrogens is 2. The quantitative estimate of drug-likeness (QED) is 0.702. The molecule has 0 saturated carbocycles. The fourth-order valence-corrected chi connectivity index (χ4v) is 2.32. The number of hydrogen-bond donors (Lipinski definition) is 2. The van der Waals surface area contributed by atoms with Crippen molar-refractivity contribution in [3.63, 3.8) is 0 Å². The summed E-state index contributed by atoms with van der Waals surface area (Å²) in [4.78, 5) is 28.6. The van der Waals surface area contributed by atoms with Crippen LogP contribution in [-0.2, 0) is 16.0 Å². The molecule has 0 aliphatic carbocycles. The van der Waals surface area contributed by atoms with Crippen LogP contribution in [0.2, 0.25) is 0 Å². The number of aryl methyl sites for hydroxylation is 1. The van der Waals surface area contributed by atoms with E-state index in [1.807, 2.05) is 0 Å². The topological polar surface area (TPSA) is 109 Å². The minimum Gasteiger partial charge on any atom is -0.481 e. The molecule has 1 aromatic rings. The Labute approximate surface area is 122 Å². The molecule has 21 heavy (non-hydrogen) atoms. The van der Waals surface area contributed by atoms with Crippen molar-refractivity contribution in [3.8, 4) is 0 Å². The van der Waals surface area contributed by atoms with Gasteiger partial charge >= 0.3 is 5.97 Å². The van der Waals surface area contributed by atoms with E-state index in [1.54, 1.807) is 11.8 Å². The number of nitrogens with zero attached hydrogens (tertiary/aromatic N) is 3. The molecule has 2 N–H and O–H groups in total. The van der Waals surface area contributed by atoms with Crippen molar-refractivity contribution in [1.29, 1.82) is 0 Å². The van der Waals surface area contributed by atoms with Crippen LogP contribution in [0.25, 0.3) is 0 Å². The second-order valence-electron chi connectivity index (χ2n) is 5.16. The summed E-state index contributed by atoms with van der Waals surface area (Å²) in [5.74, 6) is 0.0653. The van der Waals surface area contributed by atoms with Gasteiger partial charge in [0.25, 0.3) is 0 Å². The Hall–Kier alpha value is -1.96. The van der Waals surface area contributed by atoms with Crippen LogP contribution in [0.5, 0.6) is 0 Å². The Kier molecular flexibility index (Phi) is 5.26. The maximum Gasteiger partial charge on any atom is 0.306 e. The molecule has 1 amide bonds. The molecule has 8 heteroatoms. The zero-order valence-electron chi connectivity index (χ0n) is 12.0. The molecule has 2 rings (SSSR count). The first kappa shape index (κ1) is 15.4. The van der Waals surface area contributed by atoms with Crippen molar-refractivity contribution in [2.45, 2.75) is 26.2 Å². The highest BCUT2D eigenvalue weighted by Gasteiger charge is 2.26. The summed E-state index contributed by atoms with van der Waals surface area (Å²) < 4.78 is 4.97. The first-order valence-electron chi connectivity index (χ1n) is 7.06. The third-order valence-electron chi connectivity index (χ3n) is 3.56. The maximum atomic E-state index is 12.0. The molecule has 0 spiro atoms. The van der Waals surface area contributed by atoms with E-state index < -0.39 is 5.97 Å². The van der Waals surface area contributed by atoms with Gasteiger partial charge in [-0.05, 0) is 19.8 Å². The number of carbonyl (C=O) groups is 2. The van der Waals surface area contributed by atoms with Crippen LogP contribution < -0.4 is 5.32 Å². The van der Waals surface area contributed by atoms with E-state index in [2.05, 4.69) is 15.5 Å². The molecular weight excluding hydrogens is 276 g/mol. The smallest absolute Gasteiger partial charge is 0.306 e. The van der Waals surface area contributed by atoms with E-state index >= 15 is 0 Å². The van der Waals surface area contributed by atoms with Crippen molar-refractivity contribution in [3.05, 3.63) is 11.7 Å². The van der Waals surface area contributed by atoms with E-state index in [9.17, 15) is 9.59 Å². The number of rotatable bonds is 6. The molecule has 0 bridgehead atoms. The first-order valence-corrected chi connectivity index (χ1v) is 7.06. The molecule has 2 heterocycles. The van der Waals surface area contributed by atoms with Crippen LogP contribution in [0.4, 0.5) is 0 Å². The number of carbonyl (C=O) groups excluding carboxylic acids is 1. The molecule has 0 atom stereocenters. The number of hydrogen-bond acceptors (Lipinski definition) is 6. The number of carboxylic acid groups (broad SMARTS) is 1. The average molecular weight is 296 g/mol. The van der Waals surface area contributed by atoms with E-state index in [0.717, 1.165) is 0 Å². The number of likely N-dealkylation sites (tertiary alicyclic amines) is 1. The van der Waals surface area contributed by atoms with Crippen molar-refractivity contribution < 1.29 is 19.2 Å². The van der Waals surface area contributed by atoms with Crippen LogP contribution in [0.15, 0.2) is 4.52 Å². The predicted molar refractivity (Wildman–Crippen MR) is 72.5 cm³/mol. The molecule has 1 fully saturated rings.